The highest BCUT2D eigenvalue weighted by atomic mass is 31.2. The van der Waals surface area contributed by atoms with Gasteiger partial charge in [0.2, 0.25) is 11.9 Å². The van der Waals surface area contributed by atoms with E-state index in [1.54, 1.807) is 18.2 Å². The lowest BCUT2D eigenvalue weighted by Crippen LogP contribution is -2.26. The predicted octanol–water partition coefficient (Wildman–Crippen LogP) is 2.57. The molecule has 2 aliphatic rings. The average Bonchev–Trinajstić information content (AvgIpc) is 3.50. The molecular weight excluding hydrogens is 567 g/mol. The number of phosphoric ester groups is 1. The summed E-state index contributed by atoms with van der Waals surface area (Å²) in [5.41, 5.74) is 8.73. The molecule has 0 unspecified atom stereocenters. The maximum Gasteiger partial charge on any atom is 0.469 e. The minimum atomic E-state index is -4.81. The number of nitrogen functional groups attached to an aromatic ring is 1. The highest BCUT2D eigenvalue weighted by molar-refractivity contribution is 7.46. The molecule has 2 aromatic heterocycles. The number of carbonyl (C=O) groups excluding carboxylic acids is 1. The third-order valence-electron chi connectivity index (χ3n) is 7.46. The smallest absolute Gasteiger partial charge is 0.390 e. The van der Waals surface area contributed by atoms with Crippen LogP contribution in [0.25, 0.3) is 33.1 Å². The Balaban J connectivity index is 1.35. The number of rotatable bonds is 6. The zero-order valence-electron chi connectivity index (χ0n) is 21.6. The molecule has 1 saturated heterocycles. The van der Waals surface area contributed by atoms with E-state index in [0.717, 1.165) is 21.9 Å². The number of ether oxygens (including phenoxy) is 1. The van der Waals surface area contributed by atoms with Gasteiger partial charge >= 0.3 is 7.82 Å². The molecule has 0 amide bonds. The van der Waals surface area contributed by atoms with Crippen LogP contribution in [0, 0.1) is 0 Å². The summed E-state index contributed by atoms with van der Waals surface area (Å²) >= 11 is 0. The summed E-state index contributed by atoms with van der Waals surface area (Å²) in [7, 11) is -4.81. The van der Waals surface area contributed by atoms with Gasteiger partial charge in [0.1, 0.15) is 12.3 Å². The van der Waals surface area contributed by atoms with Crippen LogP contribution < -0.4 is 16.6 Å². The summed E-state index contributed by atoms with van der Waals surface area (Å²) in [6, 6.07) is 16.6. The molecular formula is C27H23N6O8P. The molecule has 3 aromatic carbocycles. The minimum absolute atomic E-state index is 0.0289. The first kappa shape index (κ1) is 26.5. The summed E-state index contributed by atoms with van der Waals surface area (Å²) in [5, 5.41) is 15.3. The molecule has 7 rings (SSSR count). The van der Waals surface area contributed by atoms with Crippen molar-refractivity contribution in [1.29, 1.82) is 0 Å². The Morgan fingerprint density at radius 3 is 2.60 bits per heavy atom. The number of nitrogens with zero attached hydrogens (tertiary/aromatic N) is 3. The van der Waals surface area contributed by atoms with Crippen LogP contribution in [0.3, 0.4) is 0 Å². The molecule has 15 heteroatoms. The van der Waals surface area contributed by atoms with Gasteiger partial charge in [0.15, 0.2) is 16.9 Å². The molecule has 0 saturated carbocycles. The van der Waals surface area contributed by atoms with Crippen LogP contribution >= 0.6 is 7.82 Å². The topological polar surface area (TPSA) is 215 Å². The number of carbonyl (C=O) groups is 1. The van der Waals surface area contributed by atoms with Crippen molar-refractivity contribution in [2.45, 2.75) is 24.9 Å². The lowest BCUT2D eigenvalue weighted by molar-refractivity contribution is -0.0417. The normalized spacial score (nSPS) is 19.9. The Labute approximate surface area is 236 Å². The van der Waals surface area contributed by atoms with Crippen LogP contribution in [0.4, 0.5) is 17.6 Å². The van der Waals surface area contributed by atoms with E-state index in [-0.39, 0.29) is 35.3 Å². The Kier molecular flexibility index (Phi) is 6.02. The Morgan fingerprint density at radius 2 is 1.81 bits per heavy atom. The van der Waals surface area contributed by atoms with Gasteiger partial charge in [0, 0.05) is 34.0 Å². The number of hydrogen-bond donors (Lipinski definition) is 6. The summed E-state index contributed by atoms with van der Waals surface area (Å²) in [5.74, 6) is -0.124. The standard InChI is InChI=1S/C27H23N6O8P/c28-26-31-24-22(25(36)32-26)30-27(33(24)20-10-18(34)19(41-20)11-40-42(37,38)39)29-17-9-8-13-12-4-1-2-5-14(12)23(35)16-7-3-6-15(17)21(13)16/h1-9,18-20,34H,10-11H2,(H,29,30)(H2,37,38,39)(H3,28,31,32,36)/t18-,19+,20+/m0/s1. The lowest BCUT2D eigenvalue weighted by atomic mass is 9.82. The van der Waals surface area contributed by atoms with Gasteiger partial charge < -0.3 is 30.7 Å². The second kappa shape index (κ2) is 9.56. The van der Waals surface area contributed by atoms with Gasteiger partial charge in [0.05, 0.1) is 12.7 Å². The van der Waals surface area contributed by atoms with Crippen molar-refractivity contribution in [2.75, 3.05) is 17.7 Å². The number of anilines is 3. The van der Waals surface area contributed by atoms with Gasteiger partial charge in [0.25, 0.3) is 5.56 Å². The largest absolute Gasteiger partial charge is 0.469 e. The molecule has 214 valence electrons. The molecule has 3 heterocycles. The summed E-state index contributed by atoms with van der Waals surface area (Å²) in [4.78, 5) is 55.4. The van der Waals surface area contributed by atoms with Gasteiger partial charge in [-0.2, -0.15) is 4.98 Å². The highest BCUT2D eigenvalue weighted by Gasteiger charge is 2.39. The molecule has 1 aliphatic heterocycles. The van der Waals surface area contributed by atoms with Crippen LogP contribution in [-0.2, 0) is 13.8 Å². The number of nitrogens with one attached hydrogen (secondary N) is 2. The van der Waals surface area contributed by atoms with Gasteiger partial charge in [-0.3, -0.25) is 23.7 Å². The highest BCUT2D eigenvalue weighted by Crippen LogP contribution is 2.43. The summed E-state index contributed by atoms with van der Waals surface area (Å²) in [6.45, 7) is -0.572. The van der Waals surface area contributed by atoms with Crippen LogP contribution in [0.1, 0.15) is 28.6 Å². The first-order valence-electron chi connectivity index (χ1n) is 12.9. The Bertz CT molecular complexity index is 2040. The molecule has 0 bridgehead atoms. The monoisotopic (exact) mass is 590 g/mol. The number of nitrogens with two attached hydrogens (primary N) is 1. The lowest BCUT2D eigenvalue weighted by Gasteiger charge is -2.22. The third-order valence-corrected chi connectivity index (χ3v) is 7.95. The van der Waals surface area contributed by atoms with Crippen molar-refractivity contribution in [1.82, 2.24) is 19.5 Å². The number of imidazole rings is 1. The SMILES string of the molecule is Nc1nc2c(nc(Nc3ccc4c5c(cccc35)C(=O)c3ccccc3-4)n2[C@H]2C[C@H](O)[C@@H](COP(=O)(O)O)O2)c(=O)[nH]1. The number of aliphatic hydroxyl groups excluding tert-OH is 1. The van der Waals surface area contributed by atoms with Crippen molar-refractivity contribution in [3.63, 3.8) is 0 Å². The molecule has 14 nitrogen and oxygen atoms in total. The number of aromatic amines is 1. The summed E-state index contributed by atoms with van der Waals surface area (Å²) in [6.07, 6.45) is -3.23. The van der Waals surface area contributed by atoms with Crippen molar-refractivity contribution in [3.8, 4) is 11.1 Å². The molecule has 1 aliphatic carbocycles. The maximum atomic E-state index is 13.4. The van der Waals surface area contributed by atoms with E-state index in [9.17, 15) is 19.3 Å². The van der Waals surface area contributed by atoms with Crippen LogP contribution in [0.2, 0.25) is 0 Å². The zero-order chi connectivity index (χ0) is 29.3. The van der Waals surface area contributed by atoms with Gasteiger partial charge in [-0.1, -0.05) is 48.5 Å². The van der Waals surface area contributed by atoms with E-state index in [2.05, 4.69) is 24.8 Å². The van der Waals surface area contributed by atoms with E-state index in [0.29, 0.717) is 16.8 Å². The van der Waals surface area contributed by atoms with E-state index in [4.69, 9.17) is 20.3 Å². The van der Waals surface area contributed by atoms with Gasteiger partial charge in [-0.15, -0.1) is 0 Å². The zero-order valence-corrected chi connectivity index (χ0v) is 22.5. The minimum Gasteiger partial charge on any atom is -0.390 e. The van der Waals surface area contributed by atoms with E-state index < -0.39 is 38.4 Å². The molecule has 5 aromatic rings. The number of ketones is 1. The molecule has 42 heavy (non-hydrogen) atoms. The summed E-state index contributed by atoms with van der Waals surface area (Å²) < 4.78 is 23.1. The third kappa shape index (κ3) is 4.29. The van der Waals surface area contributed by atoms with Crippen LogP contribution in [0.15, 0.2) is 59.4 Å². The second-order valence-electron chi connectivity index (χ2n) is 10.0. The number of fused-ring (bicyclic) bond motifs is 3. The fourth-order valence-corrected chi connectivity index (χ4v) is 6.01. The molecule has 7 N–H and O–H groups in total. The number of aliphatic hydroxyl groups is 1. The second-order valence-corrected chi connectivity index (χ2v) is 11.3. The molecule has 0 spiro atoms. The van der Waals surface area contributed by atoms with Crippen LogP contribution in [-0.4, -0.2) is 59.0 Å². The number of hydrogen-bond acceptors (Lipinski definition) is 10. The van der Waals surface area contributed by atoms with Crippen molar-refractivity contribution in [2.24, 2.45) is 0 Å². The fraction of sp³-hybridized carbons (Fsp3) is 0.185. The maximum absolute atomic E-state index is 13.4. The molecule has 0 radical (unpaired) electrons. The number of phosphoric acid groups is 1. The van der Waals surface area contributed by atoms with Gasteiger partial charge in [-0.25, -0.2) is 9.55 Å². The Hall–Kier alpha value is -4.43. The molecule has 3 atom stereocenters. The first-order valence-corrected chi connectivity index (χ1v) is 14.4. The Morgan fingerprint density at radius 1 is 1.05 bits per heavy atom. The van der Waals surface area contributed by atoms with E-state index in [1.807, 2.05) is 36.4 Å². The van der Waals surface area contributed by atoms with E-state index in [1.165, 1.54) is 4.57 Å². The van der Waals surface area contributed by atoms with Crippen molar-refractivity contribution < 1.29 is 33.5 Å². The first-order chi connectivity index (χ1) is 20.1. The number of aromatic nitrogens is 4. The molecule has 1 fully saturated rings. The fourth-order valence-electron chi connectivity index (χ4n) is 5.67. The quantitative estimate of drug-likeness (QED) is 0.154. The number of benzene rings is 3. The van der Waals surface area contributed by atoms with Crippen molar-refractivity contribution in [3.05, 3.63) is 76.1 Å². The average molecular weight is 590 g/mol. The van der Waals surface area contributed by atoms with Gasteiger partial charge in [-0.05, 0) is 17.2 Å². The van der Waals surface area contributed by atoms with Crippen LogP contribution in [0.5, 0.6) is 0 Å². The predicted molar refractivity (Wildman–Crippen MR) is 151 cm³/mol. The van der Waals surface area contributed by atoms with Crippen molar-refractivity contribution >= 4 is 53.1 Å². The van der Waals surface area contributed by atoms with E-state index >= 15 is 0 Å². The number of H-pyrrole nitrogens is 1.